The molecule has 164 valence electrons. The summed E-state index contributed by atoms with van der Waals surface area (Å²) in [5.41, 5.74) is 2.37. The highest BCUT2D eigenvalue weighted by Crippen LogP contribution is 2.16. The van der Waals surface area contributed by atoms with Crippen molar-refractivity contribution in [2.75, 3.05) is 5.32 Å². The van der Waals surface area contributed by atoms with Crippen molar-refractivity contribution in [1.29, 1.82) is 0 Å². The fraction of sp³-hybridized carbons (Fsp3) is 0.160. The zero-order valence-corrected chi connectivity index (χ0v) is 18.7. The van der Waals surface area contributed by atoms with Crippen LogP contribution in [0, 0.1) is 0 Å². The predicted octanol–water partition coefficient (Wildman–Crippen LogP) is 4.53. The number of benzene rings is 3. The molecule has 0 bridgehead atoms. The quantitative estimate of drug-likeness (QED) is 0.464. The van der Waals surface area contributed by atoms with Crippen LogP contribution in [0.5, 0.6) is 5.75 Å². The number of thiocarbonyl (C=S) groups is 1. The maximum atomic E-state index is 12.7. The van der Waals surface area contributed by atoms with Gasteiger partial charge < -0.3 is 15.4 Å². The summed E-state index contributed by atoms with van der Waals surface area (Å²) >= 11 is 5.28. The van der Waals surface area contributed by atoms with Gasteiger partial charge >= 0.3 is 0 Å². The summed E-state index contributed by atoms with van der Waals surface area (Å²) in [6, 6.07) is 23.4. The fourth-order valence-electron chi connectivity index (χ4n) is 2.95. The van der Waals surface area contributed by atoms with Crippen molar-refractivity contribution >= 4 is 34.8 Å². The first-order valence-electron chi connectivity index (χ1n) is 10.2. The molecule has 0 unspecified atom stereocenters. The average Bonchev–Trinajstić information content (AvgIpc) is 2.78. The molecular weight excluding hydrogens is 422 g/mol. The van der Waals surface area contributed by atoms with Crippen LogP contribution in [0.3, 0.4) is 0 Å². The minimum atomic E-state index is -0.357. The maximum absolute atomic E-state index is 12.7. The Morgan fingerprint density at radius 3 is 2.22 bits per heavy atom. The molecule has 0 spiro atoms. The molecule has 0 atom stereocenters. The van der Waals surface area contributed by atoms with Crippen LogP contribution in [0.2, 0.25) is 0 Å². The third-order valence-corrected chi connectivity index (χ3v) is 4.64. The van der Waals surface area contributed by atoms with E-state index >= 15 is 0 Å². The summed E-state index contributed by atoms with van der Waals surface area (Å²) in [6.07, 6.45) is 0.0522. The second-order valence-electron chi connectivity index (χ2n) is 7.31. The summed E-state index contributed by atoms with van der Waals surface area (Å²) in [4.78, 5) is 25.2. The lowest BCUT2D eigenvalue weighted by Gasteiger charge is -2.14. The highest BCUT2D eigenvalue weighted by Gasteiger charge is 2.14. The summed E-state index contributed by atoms with van der Waals surface area (Å²) in [7, 11) is 0. The molecule has 0 saturated carbocycles. The second-order valence-corrected chi connectivity index (χ2v) is 7.72. The van der Waals surface area contributed by atoms with E-state index in [9.17, 15) is 9.59 Å². The number of hydrogen-bond donors (Lipinski definition) is 3. The van der Waals surface area contributed by atoms with E-state index in [2.05, 4.69) is 16.0 Å². The van der Waals surface area contributed by atoms with Gasteiger partial charge in [0.15, 0.2) is 5.11 Å². The first-order valence-corrected chi connectivity index (χ1v) is 10.6. The van der Waals surface area contributed by atoms with E-state index in [1.54, 1.807) is 48.5 Å². The van der Waals surface area contributed by atoms with Crippen LogP contribution in [-0.2, 0) is 6.54 Å². The van der Waals surface area contributed by atoms with Crippen molar-refractivity contribution in [2.45, 2.75) is 26.5 Å². The van der Waals surface area contributed by atoms with Crippen molar-refractivity contribution in [3.8, 4) is 5.75 Å². The van der Waals surface area contributed by atoms with E-state index in [1.807, 2.05) is 44.2 Å². The Bertz CT molecular complexity index is 1080. The molecule has 0 fully saturated rings. The molecule has 7 heteroatoms. The molecule has 3 N–H and O–H groups in total. The van der Waals surface area contributed by atoms with Gasteiger partial charge in [0.1, 0.15) is 5.75 Å². The molecule has 0 aromatic heterocycles. The smallest absolute Gasteiger partial charge is 0.257 e. The molecule has 3 aromatic rings. The van der Waals surface area contributed by atoms with Crippen molar-refractivity contribution in [3.05, 3.63) is 95.6 Å². The Morgan fingerprint density at radius 1 is 0.875 bits per heavy atom. The third-order valence-electron chi connectivity index (χ3n) is 4.43. The molecule has 0 aliphatic heterocycles. The number of anilines is 1. The third kappa shape index (κ3) is 6.65. The molecule has 3 rings (SSSR count). The maximum Gasteiger partial charge on any atom is 0.257 e. The van der Waals surface area contributed by atoms with E-state index in [4.69, 9.17) is 17.0 Å². The van der Waals surface area contributed by atoms with Crippen LogP contribution in [0.4, 0.5) is 5.69 Å². The van der Waals surface area contributed by atoms with Gasteiger partial charge in [-0.05, 0) is 68.0 Å². The monoisotopic (exact) mass is 447 g/mol. The van der Waals surface area contributed by atoms with Crippen LogP contribution in [0.15, 0.2) is 78.9 Å². The van der Waals surface area contributed by atoms with Crippen molar-refractivity contribution in [3.63, 3.8) is 0 Å². The van der Waals surface area contributed by atoms with Gasteiger partial charge in [-0.1, -0.05) is 42.5 Å². The topological polar surface area (TPSA) is 79.5 Å². The summed E-state index contributed by atoms with van der Waals surface area (Å²) in [5, 5.41) is 8.57. The van der Waals surface area contributed by atoms with Gasteiger partial charge in [0.2, 0.25) is 0 Å². The number of nitrogens with one attached hydrogen (secondary N) is 3. The van der Waals surface area contributed by atoms with E-state index in [-0.39, 0.29) is 23.0 Å². The summed E-state index contributed by atoms with van der Waals surface area (Å²) < 4.78 is 5.58. The highest BCUT2D eigenvalue weighted by atomic mass is 32.1. The fourth-order valence-corrected chi connectivity index (χ4v) is 3.15. The van der Waals surface area contributed by atoms with Gasteiger partial charge in [0, 0.05) is 12.1 Å². The minimum absolute atomic E-state index is 0.0522. The average molecular weight is 448 g/mol. The molecule has 3 aromatic carbocycles. The van der Waals surface area contributed by atoms with Crippen LogP contribution in [0.1, 0.15) is 40.1 Å². The molecule has 32 heavy (non-hydrogen) atoms. The van der Waals surface area contributed by atoms with Gasteiger partial charge in [0.25, 0.3) is 11.8 Å². The molecule has 0 heterocycles. The van der Waals surface area contributed by atoms with Crippen molar-refractivity contribution < 1.29 is 14.3 Å². The first-order chi connectivity index (χ1) is 15.4. The zero-order chi connectivity index (χ0) is 22.9. The lowest BCUT2D eigenvalue weighted by atomic mass is 10.1. The number of rotatable bonds is 7. The molecule has 0 aliphatic carbocycles. The molecule has 2 amide bonds. The highest BCUT2D eigenvalue weighted by molar-refractivity contribution is 7.80. The molecule has 0 radical (unpaired) electrons. The van der Waals surface area contributed by atoms with E-state index < -0.39 is 0 Å². The van der Waals surface area contributed by atoms with E-state index in [0.717, 1.165) is 5.56 Å². The van der Waals surface area contributed by atoms with Gasteiger partial charge in [-0.25, -0.2) is 0 Å². The zero-order valence-electron chi connectivity index (χ0n) is 17.9. The SMILES string of the molecule is CC(C)Oc1ccc(C(=O)NC(=S)Nc2ccccc2C(=O)NCc2ccccc2)cc1. The Balaban J connectivity index is 1.60. The van der Waals surface area contributed by atoms with E-state index in [1.165, 1.54) is 0 Å². The number of para-hydroxylation sites is 1. The van der Waals surface area contributed by atoms with Crippen molar-refractivity contribution in [1.82, 2.24) is 10.6 Å². The standard InChI is InChI=1S/C25H25N3O3S/c1-17(2)31-20-14-12-19(13-15-20)23(29)28-25(32)27-22-11-7-6-10-21(22)24(30)26-16-18-8-4-3-5-9-18/h3-15,17H,16H2,1-2H3,(H,26,30)(H2,27,28,29,32). The van der Waals surface area contributed by atoms with Crippen LogP contribution >= 0.6 is 12.2 Å². The lowest BCUT2D eigenvalue weighted by Crippen LogP contribution is -2.35. The Morgan fingerprint density at radius 2 is 1.53 bits per heavy atom. The van der Waals surface area contributed by atoms with Gasteiger partial charge in [-0.2, -0.15) is 0 Å². The largest absolute Gasteiger partial charge is 0.491 e. The molecule has 0 aliphatic rings. The number of ether oxygens (including phenoxy) is 1. The molecule has 6 nitrogen and oxygen atoms in total. The van der Waals surface area contributed by atoms with E-state index in [0.29, 0.717) is 29.1 Å². The normalized spacial score (nSPS) is 10.3. The Kier molecular flexibility index (Phi) is 7.94. The van der Waals surface area contributed by atoms with Crippen LogP contribution < -0.4 is 20.7 Å². The summed E-state index contributed by atoms with van der Waals surface area (Å²) in [6.45, 7) is 4.28. The molecule has 0 saturated heterocycles. The van der Waals surface area contributed by atoms with Crippen LogP contribution in [0.25, 0.3) is 0 Å². The number of hydrogen-bond acceptors (Lipinski definition) is 4. The second kappa shape index (κ2) is 11.1. The van der Waals surface area contributed by atoms with Gasteiger partial charge in [0.05, 0.1) is 17.4 Å². The predicted molar refractivity (Wildman–Crippen MR) is 130 cm³/mol. The number of carbonyl (C=O) groups excluding carboxylic acids is 2. The number of carbonyl (C=O) groups is 2. The summed E-state index contributed by atoms with van der Waals surface area (Å²) in [5.74, 6) is 0.0872. The first kappa shape index (κ1) is 23.0. The minimum Gasteiger partial charge on any atom is -0.491 e. The van der Waals surface area contributed by atoms with Gasteiger partial charge in [-0.3, -0.25) is 14.9 Å². The lowest BCUT2D eigenvalue weighted by molar-refractivity contribution is 0.0950. The Hall–Kier alpha value is -3.71. The van der Waals surface area contributed by atoms with Gasteiger partial charge in [-0.15, -0.1) is 0 Å². The Labute approximate surface area is 193 Å². The number of amides is 2. The molecular formula is C25H25N3O3S. The van der Waals surface area contributed by atoms with Crippen LogP contribution in [-0.4, -0.2) is 23.0 Å². The van der Waals surface area contributed by atoms with Crippen molar-refractivity contribution in [2.24, 2.45) is 0 Å².